The van der Waals surface area contributed by atoms with Crippen LogP contribution < -0.4 is 5.32 Å². The molecule has 35 heavy (non-hydrogen) atoms. The standard InChI is InChI=1S/C10H12ClNO.C9H13N.C7H6BrF.CH2F2/c1-8-3-5-9(6-4-8)7-12(2)10(11)13;1-8-3-5-9(6-4-8)7-10-2;8-5-6-1-3-7(9)4-2-6;2-1-3/h3-6H,7H2,1-2H3;3-6,10H,7H2,1-2H3;1-4H,5H2;1H2. The summed E-state index contributed by atoms with van der Waals surface area (Å²) in [5.41, 5.74) is 6.05. The number of alkyl halides is 3. The topological polar surface area (TPSA) is 32.3 Å². The van der Waals surface area contributed by atoms with Crippen molar-refractivity contribution in [3.8, 4) is 0 Å². The first-order valence-electron chi connectivity index (χ1n) is 10.7. The first kappa shape index (κ1) is 32.6. The van der Waals surface area contributed by atoms with Crippen molar-refractivity contribution in [3.63, 3.8) is 0 Å². The van der Waals surface area contributed by atoms with Crippen molar-refractivity contribution >= 4 is 32.9 Å². The maximum Gasteiger partial charge on any atom is 0.316 e. The minimum absolute atomic E-state index is 0.181. The van der Waals surface area contributed by atoms with Gasteiger partial charge in [0.05, 0.1) is 0 Å². The third-order valence-corrected chi connectivity index (χ3v) is 5.35. The highest BCUT2D eigenvalue weighted by molar-refractivity contribution is 9.08. The minimum Gasteiger partial charge on any atom is -0.328 e. The molecule has 3 nitrogen and oxygen atoms in total. The van der Waals surface area contributed by atoms with E-state index in [0.29, 0.717) is 6.54 Å². The van der Waals surface area contributed by atoms with Crippen LogP contribution in [0.4, 0.5) is 18.0 Å². The zero-order chi connectivity index (χ0) is 26.6. The second kappa shape index (κ2) is 19.9. The van der Waals surface area contributed by atoms with Crippen LogP contribution in [-0.2, 0) is 18.4 Å². The number of carbonyl (C=O) groups is 1. The zero-order valence-corrected chi connectivity index (χ0v) is 22.8. The molecule has 0 aromatic heterocycles. The van der Waals surface area contributed by atoms with E-state index in [1.807, 2.05) is 38.2 Å². The van der Waals surface area contributed by atoms with E-state index in [9.17, 15) is 18.0 Å². The highest BCUT2D eigenvalue weighted by Gasteiger charge is 2.04. The summed E-state index contributed by atoms with van der Waals surface area (Å²) in [5.74, 6) is -0.181. The van der Waals surface area contributed by atoms with Gasteiger partial charge in [0.25, 0.3) is 0 Å². The molecular formula is C27H33BrClF3N2O. The monoisotopic (exact) mass is 572 g/mol. The SMILES string of the molecule is CNCc1ccc(C)cc1.Cc1ccc(CN(C)C(=O)Cl)cc1.FCF.Fc1ccc(CBr)cc1. The Balaban J connectivity index is 0.000000476. The summed E-state index contributed by atoms with van der Waals surface area (Å²) in [6, 6.07) is 23.0. The maximum absolute atomic E-state index is 12.2. The van der Waals surface area contributed by atoms with Crippen LogP contribution >= 0.6 is 27.5 Å². The van der Waals surface area contributed by atoms with Crippen LogP contribution in [0.25, 0.3) is 0 Å². The molecule has 0 spiro atoms. The van der Waals surface area contributed by atoms with Crippen molar-refractivity contribution in [1.29, 1.82) is 0 Å². The van der Waals surface area contributed by atoms with Crippen LogP contribution in [0.5, 0.6) is 0 Å². The molecule has 3 aromatic rings. The number of aryl methyl sites for hydroxylation is 2. The summed E-state index contributed by atoms with van der Waals surface area (Å²) >= 11 is 8.56. The number of carbonyl (C=O) groups excluding carboxylic acids is 1. The Morgan fingerprint density at radius 1 is 0.857 bits per heavy atom. The largest absolute Gasteiger partial charge is 0.328 e. The van der Waals surface area contributed by atoms with Crippen LogP contribution in [0.1, 0.15) is 27.8 Å². The van der Waals surface area contributed by atoms with E-state index in [1.165, 1.54) is 33.7 Å². The van der Waals surface area contributed by atoms with E-state index >= 15 is 0 Å². The summed E-state index contributed by atoms with van der Waals surface area (Å²) in [7, 11) is 3.63. The number of amides is 1. The average molecular weight is 574 g/mol. The van der Waals surface area contributed by atoms with Gasteiger partial charge in [0, 0.05) is 25.5 Å². The van der Waals surface area contributed by atoms with Crippen LogP contribution in [0.2, 0.25) is 0 Å². The quantitative estimate of drug-likeness (QED) is 0.190. The molecule has 3 rings (SSSR count). The Kier molecular flexibility index (Phi) is 18.6. The van der Waals surface area contributed by atoms with E-state index in [1.54, 1.807) is 19.2 Å². The number of halogens is 5. The Hall–Kier alpha value is -2.35. The summed E-state index contributed by atoms with van der Waals surface area (Å²) in [6.45, 7) is 3.90. The predicted octanol–water partition coefficient (Wildman–Crippen LogP) is 8.10. The number of benzene rings is 3. The van der Waals surface area contributed by atoms with E-state index in [-0.39, 0.29) is 5.82 Å². The Bertz CT molecular complexity index is 940. The summed E-state index contributed by atoms with van der Waals surface area (Å²) in [6.07, 6.45) is 0. The van der Waals surface area contributed by atoms with Crippen LogP contribution in [0.15, 0.2) is 72.8 Å². The summed E-state index contributed by atoms with van der Waals surface area (Å²) in [5, 5.41) is 3.46. The molecule has 0 aliphatic carbocycles. The Labute approximate surface area is 220 Å². The predicted molar refractivity (Wildman–Crippen MR) is 144 cm³/mol. The van der Waals surface area contributed by atoms with Crippen LogP contribution in [0.3, 0.4) is 0 Å². The van der Waals surface area contributed by atoms with Gasteiger partial charge in [0.1, 0.15) is 5.82 Å². The molecule has 1 amide bonds. The molecule has 0 fully saturated rings. The van der Waals surface area contributed by atoms with Gasteiger partial charge in [-0.2, -0.15) is 0 Å². The summed E-state index contributed by atoms with van der Waals surface area (Å²) in [4.78, 5) is 12.2. The van der Waals surface area contributed by atoms with Gasteiger partial charge < -0.3 is 10.2 Å². The molecule has 0 bridgehead atoms. The van der Waals surface area contributed by atoms with Gasteiger partial charge in [-0.1, -0.05) is 87.7 Å². The fraction of sp³-hybridized carbons (Fsp3) is 0.296. The van der Waals surface area contributed by atoms with Crippen molar-refractivity contribution in [2.24, 2.45) is 0 Å². The summed E-state index contributed by atoms with van der Waals surface area (Å²) < 4.78 is 31.5. The number of hydrogen-bond donors (Lipinski definition) is 1. The lowest BCUT2D eigenvalue weighted by atomic mass is 10.1. The average Bonchev–Trinajstić information content (AvgIpc) is 2.84. The fourth-order valence-electron chi connectivity index (χ4n) is 2.51. The molecule has 0 saturated heterocycles. The molecule has 0 radical (unpaired) electrons. The van der Waals surface area contributed by atoms with Gasteiger partial charge in [0.2, 0.25) is 6.93 Å². The molecule has 3 aromatic carbocycles. The molecule has 8 heteroatoms. The highest BCUT2D eigenvalue weighted by atomic mass is 79.9. The van der Waals surface area contributed by atoms with Crippen molar-refractivity contribution in [3.05, 3.63) is 106 Å². The van der Waals surface area contributed by atoms with Gasteiger partial charge in [-0.25, -0.2) is 13.2 Å². The van der Waals surface area contributed by atoms with E-state index in [2.05, 4.69) is 52.4 Å². The molecule has 192 valence electrons. The number of hydrogen-bond acceptors (Lipinski definition) is 2. The molecule has 0 heterocycles. The van der Waals surface area contributed by atoms with E-state index in [0.717, 1.165) is 23.0 Å². The van der Waals surface area contributed by atoms with E-state index in [4.69, 9.17) is 11.6 Å². The molecule has 0 aliphatic heterocycles. The minimum atomic E-state index is -1.75. The molecule has 1 N–H and O–H groups in total. The normalized spacial score (nSPS) is 9.40. The van der Waals surface area contributed by atoms with Crippen LogP contribution in [-0.4, -0.2) is 31.3 Å². The van der Waals surface area contributed by atoms with E-state index < -0.39 is 12.3 Å². The lowest BCUT2D eigenvalue weighted by Crippen LogP contribution is -2.19. The second-order valence-corrected chi connectivity index (χ2v) is 8.36. The van der Waals surface area contributed by atoms with Crippen molar-refractivity contribution < 1.29 is 18.0 Å². The first-order chi connectivity index (χ1) is 16.7. The molecule has 0 atom stereocenters. The molecular weight excluding hydrogens is 541 g/mol. The smallest absolute Gasteiger partial charge is 0.316 e. The second-order valence-electron chi connectivity index (χ2n) is 7.47. The number of nitrogens with zero attached hydrogens (tertiary/aromatic N) is 1. The fourth-order valence-corrected chi connectivity index (χ4v) is 2.95. The van der Waals surface area contributed by atoms with Gasteiger partial charge in [0.15, 0.2) is 0 Å². The number of rotatable bonds is 5. The zero-order valence-electron chi connectivity index (χ0n) is 20.5. The van der Waals surface area contributed by atoms with Gasteiger partial charge >= 0.3 is 5.37 Å². The van der Waals surface area contributed by atoms with Gasteiger partial charge in [-0.3, -0.25) is 4.79 Å². The lowest BCUT2D eigenvalue weighted by Gasteiger charge is -2.12. The molecule has 0 saturated carbocycles. The number of nitrogens with one attached hydrogen (secondary N) is 1. The third kappa shape index (κ3) is 16.8. The molecule has 0 unspecified atom stereocenters. The third-order valence-electron chi connectivity index (χ3n) is 4.41. The van der Waals surface area contributed by atoms with Crippen LogP contribution in [0, 0.1) is 19.7 Å². The highest BCUT2D eigenvalue weighted by Crippen LogP contribution is 2.07. The first-order valence-corrected chi connectivity index (χ1v) is 12.2. The Morgan fingerprint density at radius 3 is 1.63 bits per heavy atom. The van der Waals surface area contributed by atoms with Crippen molar-refractivity contribution in [1.82, 2.24) is 10.2 Å². The van der Waals surface area contributed by atoms with Crippen molar-refractivity contribution in [2.45, 2.75) is 32.3 Å². The Morgan fingerprint density at radius 2 is 1.26 bits per heavy atom. The van der Waals surface area contributed by atoms with Gasteiger partial charge in [-0.15, -0.1) is 0 Å². The maximum atomic E-state index is 12.2. The lowest BCUT2D eigenvalue weighted by molar-refractivity contribution is 0.230. The molecule has 0 aliphatic rings. The van der Waals surface area contributed by atoms with Gasteiger partial charge in [-0.05, 0) is 61.3 Å². The van der Waals surface area contributed by atoms with Crippen molar-refractivity contribution in [2.75, 3.05) is 21.0 Å².